The normalized spacial score (nSPS) is 17.9. The van der Waals surface area contributed by atoms with Gasteiger partial charge in [-0.2, -0.15) is 0 Å². The molecule has 0 aliphatic carbocycles. The lowest BCUT2D eigenvalue weighted by Crippen LogP contribution is -2.51. The van der Waals surface area contributed by atoms with Crippen molar-refractivity contribution in [3.63, 3.8) is 0 Å². The molecule has 0 bridgehead atoms. The average Bonchev–Trinajstić information content (AvgIpc) is 3.07. The zero-order valence-electron chi connectivity index (χ0n) is 13.7. The van der Waals surface area contributed by atoms with E-state index in [-0.39, 0.29) is 12.0 Å². The van der Waals surface area contributed by atoms with Gasteiger partial charge in [0.25, 0.3) is 5.91 Å². The van der Waals surface area contributed by atoms with Gasteiger partial charge < -0.3 is 14.8 Å². The lowest BCUT2D eigenvalue weighted by Gasteiger charge is -2.18. The van der Waals surface area contributed by atoms with Gasteiger partial charge in [-0.25, -0.2) is 0 Å². The van der Waals surface area contributed by atoms with E-state index >= 15 is 0 Å². The van der Waals surface area contributed by atoms with Gasteiger partial charge in [-0.05, 0) is 56.6 Å². The van der Waals surface area contributed by atoms with Crippen molar-refractivity contribution in [2.45, 2.75) is 38.9 Å². The Morgan fingerprint density at radius 3 is 3.00 bits per heavy atom. The molecular formula is C16H22ClN3O3S. The SMILES string of the molecule is Cc1ccc(Cl)c(O[C@H](C)C(=O)NNC(=S)NC[C@H]2CCCO2)c1. The molecule has 0 spiro atoms. The Kier molecular flexibility index (Phi) is 7.08. The van der Waals surface area contributed by atoms with Crippen LogP contribution in [0.3, 0.4) is 0 Å². The number of amides is 1. The van der Waals surface area contributed by atoms with E-state index in [0.717, 1.165) is 25.0 Å². The number of nitrogens with one attached hydrogen (secondary N) is 3. The Bertz CT molecular complexity index is 594. The quantitative estimate of drug-likeness (QED) is 0.544. The Hall–Kier alpha value is -1.57. The maximum absolute atomic E-state index is 12.1. The van der Waals surface area contributed by atoms with Gasteiger partial charge >= 0.3 is 0 Å². The molecule has 1 aliphatic heterocycles. The summed E-state index contributed by atoms with van der Waals surface area (Å²) in [5, 5.41) is 3.80. The van der Waals surface area contributed by atoms with Gasteiger partial charge in [0.15, 0.2) is 11.2 Å². The van der Waals surface area contributed by atoms with Crippen molar-refractivity contribution in [3.8, 4) is 5.75 Å². The Morgan fingerprint density at radius 2 is 2.29 bits per heavy atom. The van der Waals surface area contributed by atoms with Crippen LogP contribution in [0.15, 0.2) is 18.2 Å². The highest BCUT2D eigenvalue weighted by Gasteiger charge is 2.17. The fourth-order valence-electron chi connectivity index (χ4n) is 2.22. The second-order valence-electron chi connectivity index (χ2n) is 5.65. The lowest BCUT2D eigenvalue weighted by atomic mass is 10.2. The molecule has 1 aromatic carbocycles. The Morgan fingerprint density at radius 1 is 1.50 bits per heavy atom. The van der Waals surface area contributed by atoms with E-state index in [2.05, 4.69) is 16.2 Å². The van der Waals surface area contributed by atoms with Crippen LogP contribution in [0.1, 0.15) is 25.3 Å². The summed E-state index contributed by atoms with van der Waals surface area (Å²) in [6.45, 7) is 4.97. The zero-order valence-corrected chi connectivity index (χ0v) is 15.3. The molecule has 1 saturated heterocycles. The number of rotatable bonds is 5. The van der Waals surface area contributed by atoms with Crippen LogP contribution in [0.2, 0.25) is 5.02 Å². The minimum Gasteiger partial charge on any atom is -0.479 e. The van der Waals surface area contributed by atoms with Crippen molar-refractivity contribution in [2.24, 2.45) is 0 Å². The molecule has 0 saturated carbocycles. The number of aryl methyl sites for hydroxylation is 1. The summed E-state index contributed by atoms with van der Waals surface area (Å²) in [7, 11) is 0. The number of ether oxygens (including phenoxy) is 2. The molecule has 1 aliphatic rings. The number of hydrogen-bond acceptors (Lipinski definition) is 4. The van der Waals surface area contributed by atoms with Crippen LogP contribution in [0.4, 0.5) is 0 Å². The van der Waals surface area contributed by atoms with E-state index in [0.29, 0.717) is 22.4 Å². The summed E-state index contributed by atoms with van der Waals surface area (Å²) in [6.07, 6.45) is 1.54. The summed E-state index contributed by atoms with van der Waals surface area (Å²) >= 11 is 11.2. The van der Waals surface area contributed by atoms with Crippen LogP contribution in [0, 0.1) is 6.92 Å². The molecular weight excluding hydrogens is 350 g/mol. The predicted molar refractivity (Wildman–Crippen MR) is 97.1 cm³/mol. The maximum atomic E-state index is 12.1. The van der Waals surface area contributed by atoms with Crippen molar-refractivity contribution in [1.29, 1.82) is 0 Å². The molecule has 1 aromatic rings. The fourth-order valence-corrected chi connectivity index (χ4v) is 2.52. The fraction of sp³-hybridized carbons (Fsp3) is 0.500. The summed E-state index contributed by atoms with van der Waals surface area (Å²) in [6, 6.07) is 5.40. The molecule has 2 rings (SSSR count). The van der Waals surface area contributed by atoms with E-state index in [9.17, 15) is 4.79 Å². The molecule has 0 unspecified atom stereocenters. The summed E-state index contributed by atoms with van der Waals surface area (Å²) in [4.78, 5) is 12.1. The molecule has 24 heavy (non-hydrogen) atoms. The van der Waals surface area contributed by atoms with Crippen molar-refractivity contribution >= 4 is 34.8 Å². The average molecular weight is 372 g/mol. The van der Waals surface area contributed by atoms with Crippen LogP contribution in [0.25, 0.3) is 0 Å². The van der Waals surface area contributed by atoms with Gasteiger partial charge in [-0.15, -0.1) is 0 Å². The number of benzene rings is 1. The second-order valence-corrected chi connectivity index (χ2v) is 6.47. The summed E-state index contributed by atoms with van der Waals surface area (Å²) < 4.78 is 11.1. The number of thiocarbonyl (C=S) groups is 1. The molecule has 1 fully saturated rings. The largest absolute Gasteiger partial charge is 0.479 e. The number of carbonyl (C=O) groups excluding carboxylic acids is 1. The third-order valence-electron chi connectivity index (χ3n) is 3.57. The van der Waals surface area contributed by atoms with Crippen LogP contribution in [-0.2, 0) is 9.53 Å². The summed E-state index contributed by atoms with van der Waals surface area (Å²) in [5.41, 5.74) is 6.16. The molecule has 8 heteroatoms. The van der Waals surface area contributed by atoms with Gasteiger partial charge in [0.2, 0.25) is 0 Å². The third kappa shape index (κ3) is 5.81. The van der Waals surface area contributed by atoms with E-state index < -0.39 is 6.10 Å². The zero-order chi connectivity index (χ0) is 17.5. The van der Waals surface area contributed by atoms with Crippen LogP contribution >= 0.6 is 23.8 Å². The first-order chi connectivity index (χ1) is 11.5. The number of hydrogen-bond donors (Lipinski definition) is 3. The monoisotopic (exact) mass is 371 g/mol. The Balaban J connectivity index is 1.72. The van der Waals surface area contributed by atoms with Crippen LogP contribution < -0.4 is 20.9 Å². The van der Waals surface area contributed by atoms with Crippen molar-refractivity contribution in [1.82, 2.24) is 16.2 Å². The highest BCUT2D eigenvalue weighted by Crippen LogP contribution is 2.26. The Labute approximate surface area is 152 Å². The van der Waals surface area contributed by atoms with Gasteiger partial charge in [-0.1, -0.05) is 17.7 Å². The van der Waals surface area contributed by atoms with Gasteiger partial charge in [0.05, 0.1) is 11.1 Å². The van der Waals surface area contributed by atoms with E-state index in [1.54, 1.807) is 19.1 Å². The molecule has 0 radical (unpaired) electrons. The highest BCUT2D eigenvalue weighted by atomic mass is 35.5. The number of carbonyl (C=O) groups is 1. The van der Waals surface area contributed by atoms with E-state index in [1.807, 2.05) is 13.0 Å². The molecule has 132 valence electrons. The first-order valence-electron chi connectivity index (χ1n) is 7.84. The van der Waals surface area contributed by atoms with Crippen molar-refractivity contribution in [3.05, 3.63) is 28.8 Å². The molecule has 3 N–H and O–H groups in total. The minimum absolute atomic E-state index is 0.172. The highest BCUT2D eigenvalue weighted by molar-refractivity contribution is 7.80. The molecule has 2 atom stereocenters. The van der Waals surface area contributed by atoms with E-state index in [1.165, 1.54) is 0 Å². The minimum atomic E-state index is -0.724. The maximum Gasteiger partial charge on any atom is 0.279 e. The van der Waals surface area contributed by atoms with Crippen molar-refractivity contribution < 1.29 is 14.3 Å². The second kappa shape index (κ2) is 9.05. The first kappa shape index (κ1) is 18.8. The van der Waals surface area contributed by atoms with Crippen LogP contribution in [-0.4, -0.2) is 36.4 Å². The van der Waals surface area contributed by atoms with Gasteiger partial charge in [0.1, 0.15) is 5.75 Å². The summed E-state index contributed by atoms with van der Waals surface area (Å²) in [5.74, 6) is 0.118. The molecule has 1 heterocycles. The number of hydrazine groups is 1. The van der Waals surface area contributed by atoms with Gasteiger partial charge in [0, 0.05) is 13.2 Å². The third-order valence-corrected chi connectivity index (χ3v) is 4.13. The molecule has 6 nitrogen and oxygen atoms in total. The molecule has 0 aromatic heterocycles. The number of halogens is 1. The topological polar surface area (TPSA) is 71.6 Å². The lowest BCUT2D eigenvalue weighted by molar-refractivity contribution is -0.127. The smallest absolute Gasteiger partial charge is 0.279 e. The van der Waals surface area contributed by atoms with Crippen molar-refractivity contribution in [2.75, 3.05) is 13.2 Å². The predicted octanol–water partition coefficient (Wildman–Crippen LogP) is 2.09. The molecule has 1 amide bonds. The van der Waals surface area contributed by atoms with E-state index in [4.69, 9.17) is 33.3 Å². The first-order valence-corrected chi connectivity index (χ1v) is 8.62. The van der Waals surface area contributed by atoms with Crippen LogP contribution in [0.5, 0.6) is 5.75 Å². The standard InChI is InChI=1S/C16H22ClN3O3S/c1-10-5-6-13(17)14(8-10)23-11(2)15(21)19-20-16(24)18-9-12-4-3-7-22-12/h5-6,8,11-12H,3-4,7,9H2,1-2H3,(H,19,21)(H2,18,20,24)/t11-,12-/m1/s1. The van der Waals surface area contributed by atoms with Gasteiger partial charge in [-0.3, -0.25) is 15.6 Å².